The number of aromatic nitrogens is 3. The topological polar surface area (TPSA) is 63.2 Å². The molecule has 8 heteroatoms. The van der Waals surface area contributed by atoms with Crippen LogP contribution >= 0.6 is 15.9 Å². The number of ether oxygens (including phenoxy) is 1. The zero-order valence-corrected chi connectivity index (χ0v) is 19.1. The summed E-state index contributed by atoms with van der Waals surface area (Å²) in [5, 5.41) is 4.29. The number of hydrogen-bond donors (Lipinski definition) is 1. The molecule has 0 radical (unpaired) electrons. The van der Waals surface area contributed by atoms with Crippen molar-refractivity contribution in [3.8, 4) is 5.75 Å². The molecule has 4 rings (SSSR count). The highest BCUT2D eigenvalue weighted by molar-refractivity contribution is 9.10. The summed E-state index contributed by atoms with van der Waals surface area (Å²) in [6, 6.07) is 10.7. The van der Waals surface area contributed by atoms with Crippen molar-refractivity contribution in [2.75, 3.05) is 26.0 Å². The lowest BCUT2D eigenvalue weighted by atomic mass is 10.1. The highest BCUT2D eigenvalue weighted by Crippen LogP contribution is 2.36. The number of likely N-dealkylation sites (N-methyl/N-ethyl adjacent to an activating group) is 1. The molecule has 0 aliphatic carbocycles. The summed E-state index contributed by atoms with van der Waals surface area (Å²) in [6.07, 6.45) is 3.93. The molecule has 2 heterocycles. The van der Waals surface area contributed by atoms with E-state index in [9.17, 15) is 0 Å². The lowest BCUT2D eigenvalue weighted by Crippen LogP contribution is -2.30. The second-order valence-corrected chi connectivity index (χ2v) is 8.47. The molecule has 0 bridgehead atoms. The van der Waals surface area contributed by atoms with Crippen LogP contribution in [0.15, 0.2) is 53.4 Å². The van der Waals surface area contributed by atoms with Gasteiger partial charge in [-0.1, -0.05) is 22.9 Å². The lowest BCUT2D eigenvalue weighted by molar-refractivity contribution is 0.158. The fourth-order valence-corrected chi connectivity index (χ4v) is 3.91. The molecule has 1 atom stereocenters. The minimum Gasteiger partial charge on any atom is -0.488 e. The normalized spacial score (nSPS) is 12.5. The number of fused-ring (bicyclic) bond motifs is 2. The van der Waals surface area contributed by atoms with Gasteiger partial charge in [-0.3, -0.25) is 4.98 Å². The first kappa shape index (κ1) is 21.4. The third kappa shape index (κ3) is 4.60. The molecular weight excluding hydrogens is 461 g/mol. The van der Waals surface area contributed by atoms with Gasteiger partial charge in [0.25, 0.3) is 0 Å². The molecule has 6 nitrogen and oxygen atoms in total. The van der Waals surface area contributed by atoms with Crippen molar-refractivity contribution in [1.82, 2.24) is 19.9 Å². The van der Waals surface area contributed by atoms with Crippen LogP contribution < -0.4 is 10.1 Å². The Morgan fingerprint density at radius 2 is 1.97 bits per heavy atom. The number of anilines is 2. The largest absolute Gasteiger partial charge is 0.488 e. The Labute approximate surface area is 188 Å². The molecule has 1 N–H and O–H groups in total. The van der Waals surface area contributed by atoms with Gasteiger partial charge in [0.15, 0.2) is 5.82 Å². The van der Waals surface area contributed by atoms with E-state index >= 15 is 4.39 Å². The monoisotopic (exact) mass is 483 g/mol. The predicted molar refractivity (Wildman–Crippen MR) is 125 cm³/mol. The van der Waals surface area contributed by atoms with Crippen molar-refractivity contribution in [1.29, 1.82) is 0 Å². The Morgan fingerprint density at radius 1 is 1.13 bits per heavy atom. The average molecular weight is 484 g/mol. The van der Waals surface area contributed by atoms with Crippen LogP contribution in [0, 0.1) is 5.82 Å². The number of nitrogens with one attached hydrogen (secondary N) is 1. The molecule has 0 aliphatic rings. The van der Waals surface area contributed by atoms with Gasteiger partial charge in [-0.05, 0) is 56.9 Å². The molecular formula is C23H23BrFN5O. The van der Waals surface area contributed by atoms with E-state index < -0.39 is 0 Å². The fourth-order valence-electron chi connectivity index (χ4n) is 3.49. The van der Waals surface area contributed by atoms with Gasteiger partial charge >= 0.3 is 0 Å². The number of nitrogens with zero attached hydrogens (tertiary/aromatic N) is 4. The van der Waals surface area contributed by atoms with Crippen molar-refractivity contribution < 1.29 is 9.13 Å². The van der Waals surface area contributed by atoms with Gasteiger partial charge in [-0.2, -0.15) is 0 Å². The van der Waals surface area contributed by atoms with E-state index in [0.717, 1.165) is 17.4 Å². The van der Waals surface area contributed by atoms with Gasteiger partial charge in [0.05, 0.1) is 22.1 Å². The molecule has 0 amide bonds. The van der Waals surface area contributed by atoms with Gasteiger partial charge in [-0.15, -0.1) is 0 Å². The van der Waals surface area contributed by atoms with E-state index in [1.165, 1.54) is 6.33 Å². The maximum atomic E-state index is 15.1. The third-order valence-electron chi connectivity index (χ3n) is 4.96. The summed E-state index contributed by atoms with van der Waals surface area (Å²) >= 11 is 3.54. The van der Waals surface area contributed by atoms with Crippen molar-refractivity contribution in [2.45, 2.75) is 19.4 Å². The van der Waals surface area contributed by atoms with Crippen LogP contribution in [0.5, 0.6) is 5.75 Å². The molecule has 0 aliphatic heterocycles. The van der Waals surface area contributed by atoms with Crippen LogP contribution in [0.2, 0.25) is 0 Å². The molecule has 160 valence electrons. The van der Waals surface area contributed by atoms with Crippen LogP contribution in [-0.4, -0.2) is 46.6 Å². The molecule has 31 heavy (non-hydrogen) atoms. The Kier molecular flexibility index (Phi) is 6.29. The number of hydrogen-bond acceptors (Lipinski definition) is 6. The van der Waals surface area contributed by atoms with Gasteiger partial charge in [0.1, 0.15) is 24.0 Å². The summed E-state index contributed by atoms with van der Waals surface area (Å²) in [6.45, 7) is 2.86. The van der Waals surface area contributed by atoms with Crippen LogP contribution in [0.1, 0.15) is 13.3 Å². The molecule has 0 saturated carbocycles. The van der Waals surface area contributed by atoms with E-state index in [1.54, 1.807) is 30.5 Å². The number of pyridine rings is 1. The van der Waals surface area contributed by atoms with Crippen molar-refractivity contribution in [3.05, 3.63) is 59.2 Å². The highest BCUT2D eigenvalue weighted by Gasteiger charge is 2.18. The number of halogens is 2. The smallest absolute Gasteiger partial charge is 0.156 e. The minimum absolute atomic E-state index is 0.0102. The van der Waals surface area contributed by atoms with Crippen LogP contribution in [0.25, 0.3) is 21.8 Å². The summed E-state index contributed by atoms with van der Waals surface area (Å²) in [4.78, 5) is 15.1. The van der Waals surface area contributed by atoms with Crippen LogP contribution in [0.3, 0.4) is 0 Å². The zero-order valence-electron chi connectivity index (χ0n) is 17.6. The minimum atomic E-state index is -0.379. The van der Waals surface area contributed by atoms with E-state index in [1.807, 2.05) is 26.2 Å². The molecule has 0 saturated heterocycles. The predicted octanol–water partition coefficient (Wildman–Crippen LogP) is 5.54. The number of benzene rings is 2. The maximum absolute atomic E-state index is 15.1. The van der Waals surface area contributed by atoms with E-state index in [4.69, 9.17) is 4.74 Å². The summed E-state index contributed by atoms with van der Waals surface area (Å²) < 4.78 is 22.3. The van der Waals surface area contributed by atoms with E-state index in [2.05, 4.69) is 48.0 Å². The third-order valence-corrected chi connectivity index (χ3v) is 5.41. The summed E-state index contributed by atoms with van der Waals surface area (Å²) in [5.74, 6) is 0.745. The Hall–Kier alpha value is -2.84. The SMILES string of the molecule is CC[C@H](CN(C)C)Oc1cc(Br)cc2ncnc(Nc3ccc4ncccc4c3F)c12. The Bertz CT molecular complexity index is 1230. The van der Waals surface area contributed by atoms with Crippen molar-refractivity contribution in [2.24, 2.45) is 0 Å². The second kappa shape index (κ2) is 9.11. The van der Waals surface area contributed by atoms with E-state index in [-0.39, 0.29) is 11.9 Å². The van der Waals surface area contributed by atoms with Gasteiger partial charge < -0.3 is 15.0 Å². The lowest BCUT2D eigenvalue weighted by Gasteiger charge is -2.23. The summed E-state index contributed by atoms with van der Waals surface area (Å²) in [7, 11) is 4.02. The van der Waals surface area contributed by atoms with Gasteiger partial charge in [0, 0.05) is 22.6 Å². The molecule has 4 aromatic rings. The zero-order chi connectivity index (χ0) is 22.0. The van der Waals surface area contributed by atoms with Gasteiger partial charge in [-0.25, -0.2) is 14.4 Å². The molecule has 2 aromatic heterocycles. The second-order valence-electron chi connectivity index (χ2n) is 7.55. The van der Waals surface area contributed by atoms with E-state index in [0.29, 0.717) is 39.1 Å². The Morgan fingerprint density at radius 3 is 2.74 bits per heavy atom. The molecule has 0 fully saturated rings. The first-order chi connectivity index (χ1) is 15.0. The molecule has 0 unspecified atom stereocenters. The first-order valence-corrected chi connectivity index (χ1v) is 10.8. The average Bonchev–Trinajstić information content (AvgIpc) is 2.74. The van der Waals surface area contributed by atoms with Gasteiger partial charge in [0.2, 0.25) is 0 Å². The number of rotatable bonds is 7. The van der Waals surface area contributed by atoms with Crippen molar-refractivity contribution >= 4 is 49.2 Å². The van der Waals surface area contributed by atoms with Crippen LogP contribution in [-0.2, 0) is 0 Å². The molecule has 2 aromatic carbocycles. The highest BCUT2D eigenvalue weighted by atomic mass is 79.9. The Balaban J connectivity index is 1.79. The molecule has 0 spiro atoms. The maximum Gasteiger partial charge on any atom is 0.156 e. The standard InChI is InChI=1S/C23H23BrFN5O/c1-4-15(12-30(2)3)31-20-11-14(24)10-19-21(20)23(28-13-27-19)29-18-8-7-17-16(22(18)25)6-5-9-26-17/h5-11,13,15H,4,12H2,1-3H3,(H,27,28,29)/t15-/m1/s1. The van der Waals surface area contributed by atoms with Crippen molar-refractivity contribution in [3.63, 3.8) is 0 Å². The first-order valence-electron chi connectivity index (χ1n) is 10.0. The summed E-state index contributed by atoms with van der Waals surface area (Å²) in [5.41, 5.74) is 1.61. The quantitative estimate of drug-likeness (QED) is 0.372. The fraction of sp³-hybridized carbons (Fsp3) is 0.261. The van der Waals surface area contributed by atoms with Crippen LogP contribution in [0.4, 0.5) is 15.9 Å².